The van der Waals surface area contributed by atoms with Gasteiger partial charge in [0.2, 0.25) is 0 Å². The number of pyridine rings is 1. The molecule has 2 aromatic rings. The molecule has 0 radical (unpaired) electrons. The van der Waals surface area contributed by atoms with Gasteiger partial charge in [-0.05, 0) is 41.4 Å². The zero-order chi connectivity index (χ0) is 14.0. The highest BCUT2D eigenvalue weighted by Gasteiger charge is 2.14. The number of benzene rings is 1. The Labute approximate surface area is 131 Å². The van der Waals surface area contributed by atoms with Crippen molar-refractivity contribution in [1.29, 1.82) is 0 Å². The van der Waals surface area contributed by atoms with Crippen LogP contribution in [-0.2, 0) is 6.42 Å². The van der Waals surface area contributed by atoms with E-state index in [1.807, 2.05) is 6.07 Å². The molecular weight excluding hydrogens is 347 g/mol. The maximum Gasteiger partial charge on any atom is 0.0928 e. The van der Waals surface area contributed by atoms with Gasteiger partial charge in [-0.3, -0.25) is 4.98 Å². The average molecular weight is 362 g/mol. The summed E-state index contributed by atoms with van der Waals surface area (Å²) in [5.74, 6) is 0. The molecule has 1 aromatic heterocycles. The van der Waals surface area contributed by atoms with Gasteiger partial charge in [0.05, 0.1) is 15.6 Å². The fraction of sp³-hybridized carbons (Fsp3) is 0.357. The van der Waals surface area contributed by atoms with Crippen molar-refractivity contribution in [3.8, 4) is 0 Å². The summed E-state index contributed by atoms with van der Waals surface area (Å²) in [5.41, 5.74) is 2.85. The van der Waals surface area contributed by atoms with E-state index >= 15 is 0 Å². The number of hydrogen-bond donors (Lipinski definition) is 1. The van der Waals surface area contributed by atoms with Crippen LogP contribution in [0.5, 0.6) is 0 Å². The van der Waals surface area contributed by atoms with Crippen molar-refractivity contribution in [1.82, 2.24) is 4.98 Å². The Morgan fingerprint density at radius 1 is 1.21 bits per heavy atom. The number of rotatable bonds is 4. The topological polar surface area (TPSA) is 24.9 Å². The maximum atomic E-state index is 6.32. The number of fused-ring (bicyclic) bond motifs is 1. The molecule has 19 heavy (non-hydrogen) atoms. The summed E-state index contributed by atoms with van der Waals surface area (Å²) in [7, 11) is 0. The second kappa shape index (κ2) is 6.29. The Bertz CT molecular complexity index is 614. The number of aromatic nitrogens is 1. The van der Waals surface area contributed by atoms with Crippen molar-refractivity contribution < 1.29 is 0 Å². The zero-order valence-electron chi connectivity index (χ0n) is 10.9. The summed E-state index contributed by atoms with van der Waals surface area (Å²) >= 11 is 15.9. The molecule has 2 nitrogen and oxygen atoms in total. The highest BCUT2D eigenvalue weighted by molar-refractivity contribution is 9.10. The molecule has 0 atom stereocenters. The molecule has 0 unspecified atom stereocenters. The van der Waals surface area contributed by atoms with E-state index in [9.17, 15) is 0 Å². The number of nitrogens with zero attached hydrogens (tertiary/aromatic N) is 1. The normalized spacial score (nSPS) is 11.0. The van der Waals surface area contributed by atoms with Crippen LogP contribution in [0.4, 0.5) is 5.69 Å². The van der Waals surface area contributed by atoms with Gasteiger partial charge in [-0.1, -0.05) is 36.5 Å². The van der Waals surface area contributed by atoms with Crippen LogP contribution in [0.25, 0.3) is 10.9 Å². The Morgan fingerprint density at radius 2 is 1.95 bits per heavy atom. The third kappa shape index (κ3) is 2.99. The Balaban J connectivity index is 2.75. The first-order valence-electron chi connectivity index (χ1n) is 6.29. The number of hydrogen-bond acceptors (Lipinski definition) is 2. The minimum absolute atomic E-state index is 0.503. The van der Waals surface area contributed by atoms with Gasteiger partial charge in [-0.2, -0.15) is 0 Å². The molecule has 0 saturated heterocycles. The molecule has 1 heterocycles. The van der Waals surface area contributed by atoms with Gasteiger partial charge in [0.15, 0.2) is 0 Å². The van der Waals surface area contributed by atoms with E-state index in [2.05, 4.69) is 46.1 Å². The molecule has 1 aromatic carbocycles. The van der Waals surface area contributed by atoms with Crippen LogP contribution in [0.1, 0.15) is 26.0 Å². The first kappa shape index (κ1) is 14.9. The predicted molar refractivity (Wildman–Crippen MR) is 87.6 cm³/mol. The van der Waals surface area contributed by atoms with Gasteiger partial charge in [-0.15, -0.1) is 0 Å². The molecule has 0 fully saturated rings. The van der Waals surface area contributed by atoms with Crippen LogP contribution in [0.15, 0.2) is 16.6 Å². The first-order valence-corrected chi connectivity index (χ1v) is 7.84. The van der Waals surface area contributed by atoms with Gasteiger partial charge >= 0.3 is 0 Å². The van der Waals surface area contributed by atoms with E-state index < -0.39 is 0 Å². The van der Waals surface area contributed by atoms with Crippen LogP contribution in [0.3, 0.4) is 0 Å². The molecule has 2 rings (SSSR count). The quantitative estimate of drug-likeness (QED) is 0.707. The van der Waals surface area contributed by atoms with E-state index in [0.29, 0.717) is 10.0 Å². The Morgan fingerprint density at radius 3 is 2.58 bits per heavy atom. The Kier molecular flexibility index (Phi) is 4.93. The molecular formula is C14H15BrCl2N2. The van der Waals surface area contributed by atoms with Gasteiger partial charge in [0, 0.05) is 27.8 Å². The molecule has 5 heteroatoms. The molecule has 1 N–H and O–H groups in total. The van der Waals surface area contributed by atoms with Crippen LogP contribution in [-0.4, -0.2) is 11.5 Å². The van der Waals surface area contributed by atoms with Crippen LogP contribution in [0.2, 0.25) is 10.0 Å². The number of nitrogens with one attached hydrogen (secondary N) is 1. The van der Waals surface area contributed by atoms with E-state index in [1.165, 1.54) is 0 Å². The van der Waals surface area contributed by atoms with Crippen LogP contribution in [0, 0.1) is 0 Å². The molecule has 0 spiro atoms. The van der Waals surface area contributed by atoms with Crippen molar-refractivity contribution >= 4 is 55.7 Å². The van der Waals surface area contributed by atoms with E-state index in [0.717, 1.165) is 46.1 Å². The van der Waals surface area contributed by atoms with E-state index in [1.54, 1.807) is 0 Å². The highest BCUT2D eigenvalue weighted by Crippen LogP contribution is 2.39. The average Bonchev–Trinajstić information content (AvgIpc) is 2.38. The van der Waals surface area contributed by atoms with Crippen molar-refractivity contribution in [3.05, 3.63) is 32.3 Å². The second-order valence-corrected chi connectivity index (χ2v) is 5.93. The fourth-order valence-corrected chi connectivity index (χ4v) is 2.97. The molecule has 0 aliphatic heterocycles. The van der Waals surface area contributed by atoms with E-state index in [4.69, 9.17) is 23.2 Å². The summed E-state index contributed by atoms with van der Waals surface area (Å²) in [6.07, 6.45) is 1.98. The smallest absolute Gasteiger partial charge is 0.0928 e. The molecule has 0 saturated carbocycles. The summed E-state index contributed by atoms with van der Waals surface area (Å²) < 4.78 is 0.788. The lowest BCUT2D eigenvalue weighted by atomic mass is 10.1. The van der Waals surface area contributed by atoms with Crippen molar-refractivity contribution in [2.24, 2.45) is 0 Å². The molecule has 0 aliphatic rings. The Hall–Kier alpha value is -0.510. The standard InChI is InChI=1S/C14H15BrCl2N2/c1-3-5-8-6-11(18-4-2)9-7-10(15)12(16)13(17)14(9)19-8/h6-7H,3-5H2,1-2H3,(H,18,19). The summed E-state index contributed by atoms with van der Waals surface area (Å²) in [6.45, 7) is 5.05. The maximum absolute atomic E-state index is 6.32. The summed E-state index contributed by atoms with van der Waals surface area (Å²) in [4.78, 5) is 4.63. The lowest BCUT2D eigenvalue weighted by Gasteiger charge is -2.13. The zero-order valence-corrected chi connectivity index (χ0v) is 14.0. The van der Waals surface area contributed by atoms with Gasteiger partial charge < -0.3 is 5.32 Å². The molecule has 0 aliphatic carbocycles. The molecule has 102 valence electrons. The largest absolute Gasteiger partial charge is 0.385 e. The lowest BCUT2D eigenvalue weighted by molar-refractivity contribution is 0.890. The lowest BCUT2D eigenvalue weighted by Crippen LogP contribution is -2.01. The predicted octanol–water partition coefficient (Wildman–Crippen LogP) is 5.69. The van der Waals surface area contributed by atoms with Crippen LogP contribution >= 0.6 is 39.1 Å². The second-order valence-electron chi connectivity index (χ2n) is 4.32. The monoisotopic (exact) mass is 360 g/mol. The van der Waals surface area contributed by atoms with Gasteiger partial charge in [0.1, 0.15) is 0 Å². The fourth-order valence-electron chi connectivity index (χ4n) is 2.04. The van der Waals surface area contributed by atoms with Crippen molar-refractivity contribution in [3.63, 3.8) is 0 Å². The summed E-state index contributed by atoms with van der Waals surface area (Å²) in [6, 6.07) is 4.05. The van der Waals surface area contributed by atoms with E-state index in [-0.39, 0.29) is 0 Å². The van der Waals surface area contributed by atoms with Gasteiger partial charge in [0.25, 0.3) is 0 Å². The van der Waals surface area contributed by atoms with Crippen LogP contribution < -0.4 is 5.32 Å². The third-order valence-corrected chi connectivity index (χ3v) is 4.58. The minimum atomic E-state index is 0.503. The van der Waals surface area contributed by atoms with Gasteiger partial charge in [-0.25, -0.2) is 0 Å². The number of aryl methyl sites for hydroxylation is 1. The number of halogens is 3. The van der Waals surface area contributed by atoms with Crippen molar-refractivity contribution in [2.75, 3.05) is 11.9 Å². The SMILES string of the molecule is CCCc1cc(NCC)c2cc(Br)c(Cl)c(Cl)c2n1. The third-order valence-electron chi connectivity index (χ3n) is 2.87. The first-order chi connectivity index (χ1) is 9.08. The number of anilines is 1. The molecule has 0 amide bonds. The minimum Gasteiger partial charge on any atom is -0.385 e. The summed E-state index contributed by atoms with van der Waals surface area (Å²) in [5, 5.41) is 5.36. The van der Waals surface area contributed by atoms with Crippen molar-refractivity contribution in [2.45, 2.75) is 26.7 Å². The molecule has 0 bridgehead atoms. The highest BCUT2D eigenvalue weighted by atomic mass is 79.9.